The Morgan fingerprint density at radius 1 is 1.10 bits per heavy atom. The van der Waals surface area contributed by atoms with Crippen LogP contribution in [0.15, 0.2) is 65.8 Å². The Morgan fingerprint density at radius 3 is 2.79 bits per heavy atom. The SMILES string of the molecule is O=C(O)c1cccc(Sn2nc(C3CC3)cc2Nc2ncnc3ccccc23)c1. The number of benzene rings is 2. The van der Waals surface area contributed by atoms with Crippen molar-refractivity contribution < 1.29 is 9.90 Å². The maximum Gasteiger partial charge on any atom is 0.335 e. The van der Waals surface area contributed by atoms with E-state index in [1.165, 1.54) is 18.3 Å². The van der Waals surface area contributed by atoms with E-state index in [1.807, 2.05) is 36.4 Å². The van der Waals surface area contributed by atoms with Crippen LogP contribution < -0.4 is 5.32 Å². The molecule has 0 unspecified atom stereocenters. The summed E-state index contributed by atoms with van der Waals surface area (Å²) in [6.45, 7) is 0. The summed E-state index contributed by atoms with van der Waals surface area (Å²) in [5.41, 5.74) is 2.15. The van der Waals surface area contributed by atoms with Crippen molar-refractivity contribution in [2.75, 3.05) is 5.32 Å². The van der Waals surface area contributed by atoms with Gasteiger partial charge in [-0.2, -0.15) is 9.19 Å². The van der Waals surface area contributed by atoms with E-state index in [9.17, 15) is 9.90 Å². The maximum atomic E-state index is 11.3. The lowest BCUT2D eigenvalue weighted by Crippen LogP contribution is -2.01. The zero-order valence-electron chi connectivity index (χ0n) is 15.3. The number of para-hydroxylation sites is 1. The molecule has 8 heteroatoms. The topological polar surface area (TPSA) is 92.9 Å². The first kappa shape index (κ1) is 17.7. The molecule has 2 aromatic heterocycles. The number of hydrogen-bond donors (Lipinski definition) is 2. The van der Waals surface area contributed by atoms with Gasteiger partial charge in [0.25, 0.3) is 0 Å². The van der Waals surface area contributed by atoms with Crippen molar-refractivity contribution in [1.82, 2.24) is 19.2 Å². The minimum Gasteiger partial charge on any atom is -0.478 e. The predicted octanol–water partition coefficient (Wildman–Crippen LogP) is 4.70. The third-order valence-corrected chi connectivity index (χ3v) is 5.67. The van der Waals surface area contributed by atoms with Gasteiger partial charge in [0, 0.05) is 34.2 Å². The van der Waals surface area contributed by atoms with Gasteiger partial charge in [-0.1, -0.05) is 18.2 Å². The number of fused-ring (bicyclic) bond motifs is 1. The van der Waals surface area contributed by atoms with Gasteiger partial charge in [0.1, 0.15) is 18.0 Å². The highest BCUT2D eigenvalue weighted by molar-refractivity contribution is 7.97. The number of nitrogens with zero attached hydrogens (tertiary/aromatic N) is 4. The first-order valence-electron chi connectivity index (χ1n) is 9.26. The van der Waals surface area contributed by atoms with Gasteiger partial charge >= 0.3 is 5.97 Å². The molecule has 0 radical (unpaired) electrons. The van der Waals surface area contributed by atoms with Crippen molar-refractivity contribution in [3.63, 3.8) is 0 Å². The Balaban J connectivity index is 1.51. The van der Waals surface area contributed by atoms with E-state index >= 15 is 0 Å². The van der Waals surface area contributed by atoms with E-state index < -0.39 is 5.97 Å². The molecule has 144 valence electrons. The molecule has 0 amide bonds. The molecule has 2 heterocycles. The molecule has 5 rings (SSSR count). The van der Waals surface area contributed by atoms with Crippen LogP contribution in [0.25, 0.3) is 10.9 Å². The summed E-state index contributed by atoms with van der Waals surface area (Å²) in [4.78, 5) is 20.8. The van der Waals surface area contributed by atoms with Gasteiger partial charge in [0.05, 0.1) is 16.8 Å². The van der Waals surface area contributed by atoms with E-state index in [4.69, 9.17) is 5.10 Å². The molecule has 0 spiro atoms. The van der Waals surface area contributed by atoms with E-state index in [1.54, 1.807) is 22.3 Å². The summed E-state index contributed by atoms with van der Waals surface area (Å²) in [6.07, 6.45) is 3.83. The highest BCUT2D eigenvalue weighted by Gasteiger charge is 2.28. The summed E-state index contributed by atoms with van der Waals surface area (Å²) < 4.78 is 1.80. The first-order valence-corrected chi connectivity index (χ1v) is 10.0. The minimum atomic E-state index is -0.947. The molecule has 1 aliphatic rings. The molecular weight excluding hydrogens is 386 g/mol. The number of rotatable bonds is 6. The summed E-state index contributed by atoms with van der Waals surface area (Å²) in [6, 6.07) is 16.7. The molecule has 7 nitrogen and oxygen atoms in total. The van der Waals surface area contributed by atoms with Gasteiger partial charge in [-0.15, -0.1) is 0 Å². The van der Waals surface area contributed by atoms with Gasteiger partial charge in [-0.3, -0.25) is 0 Å². The van der Waals surface area contributed by atoms with Gasteiger partial charge in [0.2, 0.25) is 0 Å². The molecule has 1 saturated carbocycles. The number of aromatic carboxylic acids is 1. The second-order valence-electron chi connectivity index (χ2n) is 6.89. The van der Waals surface area contributed by atoms with Gasteiger partial charge < -0.3 is 10.4 Å². The summed E-state index contributed by atoms with van der Waals surface area (Å²) in [7, 11) is 0. The normalized spacial score (nSPS) is 13.5. The van der Waals surface area contributed by atoms with Crippen molar-refractivity contribution in [3.05, 3.63) is 72.2 Å². The number of carboxylic acid groups (broad SMARTS) is 1. The summed E-state index contributed by atoms with van der Waals surface area (Å²) in [5.74, 6) is 1.04. The molecule has 4 aromatic rings. The maximum absolute atomic E-state index is 11.3. The fourth-order valence-electron chi connectivity index (χ4n) is 3.13. The highest BCUT2D eigenvalue weighted by atomic mass is 32.2. The van der Waals surface area contributed by atoms with Gasteiger partial charge in [0.15, 0.2) is 0 Å². The quantitative estimate of drug-likeness (QED) is 0.482. The van der Waals surface area contributed by atoms with Crippen LogP contribution in [0.2, 0.25) is 0 Å². The molecule has 0 bridgehead atoms. The van der Waals surface area contributed by atoms with Gasteiger partial charge in [-0.25, -0.2) is 14.8 Å². The molecule has 2 aromatic carbocycles. The van der Waals surface area contributed by atoms with Crippen LogP contribution in [0.4, 0.5) is 11.6 Å². The number of anilines is 2. The van der Waals surface area contributed by atoms with Crippen LogP contribution in [0, 0.1) is 0 Å². The van der Waals surface area contributed by atoms with E-state index in [0.29, 0.717) is 11.7 Å². The fraction of sp³-hybridized carbons (Fsp3) is 0.143. The Bertz CT molecular complexity index is 1210. The van der Waals surface area contributed by atoms with E-state index in [-0.39, 0.29) is 5.56 Å². The third-order valence-electron chi connectivity index (χ3n) is 4.75. The van der Waals surface area contributed by atoms with Crippen LogP contribution in [-0.4, -0.2) is 30.2 Å². The molecule has 0 atom stereocenters. The standard InChI is InChI=1S/C21H17N5O2S/c27-21(28)14-4-3-5-15(10-14)29-26-19(11-18(25-26)13-8-9-13)24-20-16-6-1-2-7-17(16)22-12-23-20/h1-7,10-13H,8-9H2,(H,27,28)(H,22,23,24). The number of carboxylic acids is 1. The van der Waals surface area contributed by atoms with E-state index in [2.05, 4.69) is 15.3 Å². The second kappa shape index (κ2) is 7.21. The molecule has 2 N–H and O–H groups in total. The lowest BCUT2D eigenvalue weighted by molar-refractivity contribution is 0.0696. The highest BCUT2D eigenvalue weighted by Crippen LogP contribution is 2.41. The van der Waals surface area contributed by atoms with Gasteiger partial charge in [-0.05, 0) is 43.2 Å². The average Bonchev–Trinajstić information content (AvgIpc) is 3.51. The summed E-state index contributed by atoms with van der Waals surface area (Å²) >= 11 is 1.37. The molecule has 1 aliphatic carbocycles. The third kappa shape index (κ3) is 3.66. The first-order chi connectivity index (χ1) is 14.2. The monoisotopic (exact) mass is 403 g/mol. The molecule has 0 aliphatic heterocycles. The zero-order chi connectivity index (χ0) is 19.8. The van der Waals surface area contributed by atoms with Crippen LogP contribution in [0.3, 0.4) is 0 Å². The predicted molar refractivity (Wildman–Crippen MR) is 112 cm³/mol. The zero-order valence-corrected chi connectivity index (χ0v) is 16.1. The van der Waals surface area contributed by atoms with Crippen LogP contribution in [-0.2, 0) is 0 Å². The summed E-state index contributed by atoms with van der Waals surface area (Å²) in [5, 5.41) is 18.3. The minimum absolute atomic E-state index is 0.251. The Hall–Kier alpha value is -3.39. The van der Waals surface area contributed by atoms with Crippen molar-refractivity contribution in [2.24, 2.45) is 0 Å². The largest absolute Gasteiger partial charge is 0.478 e. The van der Waals surface area contributed by atoms with Crippen molar-refractivity contribution >= 4 is 40.5 Å². The van der Waals surface area contributed by atoms with E-state index in [0.717, 1.165) is 40.2 Å². The molecule has 29 heavy (non-hydrogen) atoms. The van der Waals surface area contributed by atoms with Crippen LogP contribution in [0.5, 0.6) is 0 Å². The Labute approximate surface area is 170 Å². The van der Waals surface area contributed by atoms with Crippen LogP contribution in [0.1, 0.15) is 34.8 Å². The van der Waals surface area contributed by atoms with Crippen LogP contribution >= 0.6 is 11.9 Å². The lowest BCUT2D eigenvalue weighted by atomic mass is 10.2. The lowest BCUT2D eigenvalue weighted by Gasteiger charge is -2.10. The molecular formula is C21H17N5O2S. The average molecular weight is 403 g/mol. The van der Waals surface area contributed by atoms with Crippen molar-refractivity contribution in [1.29, 1.82) is 0 Å². The smallest absolute Gasteiger partial charge is 0.335 e. The molecule has 1 fully saturated rings. The number of nitrogens with one attached hydrogen (secondary N) is 1. The number of aromatic nitrogens is 4. The van der Waals surface area contributed by atoms with Crippen molar-refractivity contribution in [2.45, 2.75) is 23.7 Å². The van der Waals surface area contributed by atoms with Crippen molar-refractivity contribution in [3.8, 4) is 0 Å². The Kier molecular flexibility index (Phi) is 4.40. The number of hydrogen-bond acceptors (Lipinski definition) is 6. The Morgan fingerprint density at radius 2 is 1.97 bits per heavy atom. The fourth-order valence-corrected chi connectivity index (χ4v) is 3.98. The molecule has 0 saturated heterocycles. The number of carbonyl (C=O) groups is 1. The second-order valence-corrected chi connectivity index (χ2v) is 7.89.